The summed E-state index contributed by atoms with van der Waals surface area (Å²) in [7, 11) is -0.879. The SMILES string of the molecule is Cc1noc(C)c1NC(=O)N(C)CC1Oc2c(NS(=O)(=O)c3cn(C)cn3)cccc2C(=O)N(C(C)CO)CC1C. The standard InChI is InChI=1S/C26H35N7O7S/c1-15-10-33(16(2)13-34)25(35)19-8-7-9-20(30-41(37,38)22-12-31(5)14-27-22)24(19)39-21(15)11-32(6)26(36)28-23-17(3)29-40-18(23)4/h7-9,12,14-16,21,30,34H,10-11,13H2,1-6H3,(H,28,36). The number of nitrogens with zero attached hydrogens (tertiary/aromatic N) is 5. The fourth-order valence-corrected chi connectivity index (χ4v) is 5.53. The number of hydrogen-bond acceptors (Lipinski definition) is 9. The summed E-state index contributed by atoms with van der Waals surface area (Å²) in [5.41, 5.74) is 1.16. The Kier molecular flexibility index (Phi) is 8.58. The van der Waals surface area contributed by atoms with Crippen LogP contribution in [0.3, 0.4) is 0 Å². The molecule has 15 heteroatoms. The molecule has 2 aromatic heterocycles. The van der Waals surface area contributed by atoms with Gasteiger partial charge in [0, 0.05) is 32.8 Å². The van der Waals surface area contributed by atoms with Gasteiger partial charge in [0.15, 0.2) is 16.5 Å². The van der Waals surface area contributed by atoms with E-state index in [0.717, 1.165) is 0 Å². The molecule has 3 heterocycles. The zero-order chi connectivity index (χ0) is 30.1. The third kappa shape index (κ3) is 6.30. The Morgan fingerprint density at radius 2 is 2.05 bits per heavy atom. The number of aliphatic hydroxyl groups is 1. The summed E-state index contributed by atoms with van der Waals surface area (Å²) in [5.74, 6) is -0.264. The number of hydrogen-bond donors (Lipinski definition) is 3. The molecule has 3 aromatic rings. The van der Waals surface area contributed by atoms with Crippen molar-refractivity contribution in [3.63, 3.8) is 0 Å². The molecule has 4 rings (SSSR count). The number of likely N-dealkylation sites (N-methyl/N-ethyl adjacent to an activating group) is 1. The first-order chi connectivity index (χ1) is 19.3. The third-order valence-corrected chi connectivity index (χ3v) is 8.21. The minimum atomic E-state index is -4.12. The Labute approximate surface area is 238 Å². The van der Waals surface area contributed by atoms with Crippen molar-refractivity contribution in [3.05, 3.63) is 47.7 Å². The highest BCUT2D eigenvalue weighted by atomic mass is 32.2. The molecule has 222 valence electrons. The van der Waals surface area contributed by atoms with E-state index in [1.807, 2.05) is 6.92 Å². The first-order valence-electron chi connectivity index (χ1n) is 13.0. The van der Waals surface area contributed by atoms with Crippen LogP contribution < -0.4 is 14.8 Å². The number of fused-ring (bicyclic) bond motifs is 1. The van der Waals surface area contributed by atoms with Crippen molar-refractivity contribution in [1.29, 1.82) is 0 Å². The maximum atomic E-state index is 13.7. The van der Waals surface area contributed by atoms with Crippen LogP contribution in [-0.2, 0) is 17.1 Å². The molecule has 3 atom stereocenters. The summed E-state index contributed by atoms with van der Waals surface area (Å²) in [4.78, 5) is 33.6. The smallest absolute Gasteiger partial charge is 0.321 e. The molecule has 3 N–H and O–H groups in total. The number of aliphatic hydroxyl groups excluding tert-OH is 1. The highest BCUT2D eigenvalue weighted by Crippen LogP contribution is 2.36. The van der Waals surface area contributed by atoms with Crippen molar-refractivity contribution in [3.8, 4) is 5.75 Å². The normalized spacial score (nSPS) is 18.1. The first-order valence-corrected chi connectivity index (χ1v) is 14.5. The van der Waals surface area contributed by atoms with Gasteiger partial charge in [-0.2, -0.15) is 8.42 Å². The Bertz CT molecular complexity index is 1510. The Hall–Kier alpha value is -4.11. The van der Waals surface area contributed by atoms with Crippen LogP contribution in [0.1, 0.15) is 35.7 Å². The van der Waals surface area contributed by atoms with Crippen LogP contribution in [-0.4, -0.2) is 88.9 Å². The number of anilines is 2. The maximum absolute atomic E-state index is 13.7. The van der Waals surface area contributed by atoms with E-state index in [1.165, 1.54) is 39.0 Å². The number of nitrogens with one attached hydrogen (secondary N) is 2. The Morgan fingerprint density at radius 3 is 2.66 bits per heavy atom. The van der Waals surface area contributed by atoms with Crippen molar-refractivity contribution < 1.29 is 32.4 Å². The molecule has 0 saturated heterocycles. The fraction of sp³-hybridized carbons (Fsp3) is 0.462. The summed E-state index contributed by atoms with van der Waals surface area (Å²) in [5, 5.41) is 16.3. The molecular formula is C26H35N7O7S. The highest BCUT2D eigenvalue weighted by Gasteiger charge is 2.36. The van der Waals surface area contributed by atoms with Crippen LogP contribution in [0.15, 0.2) is 40.3 Å². The van der Waals surface area contributed by atoms with Crippen molar-refractivity contribution >= 4 is 33.3 Å². The number of benzene rings is 1. The molecule has 1 aliphatic heterocycles. The van der Waals surface area contributed by atoms with Gasteiger partial charge >= 0.3 is 6.03 Å². The molecule has 0 saturated carbocycles. The van der Waals surface area contributed by atoms with E-state index >= 15 is 0 Å². The van der Waals surface area contributed by atoms with Crippen LogP contribution in [0, 0.1) is 19.8 Å². The predicted octanol–water partition coefficient (Wildman–Crippen LogP) is 2.21. The molecule has 0 spiro atoms. The van der Waals surface area contributed by atoms with E-state index in [-0.39, 0.29) is 47.6 Å². The molecule has 14 nitrogen and oxygen atoms in total. The van der Waals surface area contributed by atoms with Crippen molar-refractivity contribution in [2.24, 2.45) is 13.0 Å². The van der Waals surface area contributed by atoms with Crippen molar-refractivity contribution in [2.75, 3.05) is 36.8 Å². The summed E-state index contributed by atoms with van der Waals surface area (Å²) in [6, 6.07) is 3.61. The van der Waals surface area contributed by atoms with Gasteiger partial charge in [0.1, 0.15) is 17.5 Å². The van der Waals surface area contributed by atoms with E-state index in [0.29, 0.717) is 17.1 Å². The number of sulfonamides is 1. The number of aryl methyl sites for hydroxylation is 3. The maximum Gasteiger partial charge on any atom is 0.321 e. The molecule has 0 radical (unpaired) electrons. The quantitative estimate of drug-likeness (QED) is 0.356. The molecule has 3 unspecified atom stereocenters. The van der Waals surface area contributed by atoms with Gasteiger partial charge in [-0.1, -0.05) is 18.1 Å². The second-order valence-electron chi connectivity index (χ2n) is 10.3. The molecule has 3 amide bonds. The summed E-state index contributed by atoms with van der Waals surface area (Å²) >= 11 is 0. The van der Waals surface area contributed by atoms with E-state index in [9.17, 15) is 23.1 Å². The summed E-state index contributed by atoms with van der Waals surface area (Å²) in [6.07, 6.45) is 2.04. The van der Waals surface area contributed by atoms with Gasteiger partial charge in [-0.3, -0.25) is 9.52 Å². The van der Waals surface area contributed by atoms with Gasteiger partial charge in [0.25, 0.3) is 15.9 Å². The highest BCUT2D eigenvalue weighted by molar-refractivity contribution is 7.92. The van der Waals surface area contributed by atoms with E-state index in [1.54, 1.807) is 40.9 Å². The fourth-order valence-electron chi connectivity index (χ4n) is 4.48. The number of aromatic nitrogens is 3. The van der Waals surface area contributed by atoms with Crippen molar-refractivity contribution in [2.45, 2.75) is 44.9 Å². The average Bonchev–Trinajstić information content (AvgIpc) is 3.51. The number of rotatable bonds is 8. The lowest BCUT2D eigenvalue weighted by atomic mass is 9.99. The van der Waals surface area contributed by atoms with Crippen LogP contribution >= 0.6 is 0 Å². The average molecular weight is 590 g/mol. The van der Waals surface area contributed by atoms with Gasteiger partial charge in [-0.25, -0.2) is 9.78 Å². The summed E-state index contributed by atoms with van der Waals surface area (Å²) < 4.78 is 41.8. The molecule has 0 fully saturated rings. The lowest BCUT2D eigenvalue weighted by Gasteiger charge is -2.38. The van der Waals surface area contributed by atoms with E-state index in [4.69, 9.17) is 9.26 Å². The zero-order valence-corrected chi connectivity index (χ0v) is 24.6. The van der Waals surface area contributed by atoms with Gasteiger partial charge in [0.2, 0.25) is 0 Å². The van der Waals surface area contributed by atoms with Crippen LogP contribution in [0.5, 0.6) is 5.75 Å². The largest absolute Gasteiger partial charge is 0.485 e. The van der Waals surface area contributed by atoms with E-state index < -0.39 is 34.1 Å². The number of carbonyl (C=O) groups is 2. The predicted molar refractivity (Wildman–Crippen MR) is 149 cm³/mol. The number of imidazole rings is 1. The number of ether oxygens (including phenoxy) is 1. The van der Waals surface area contributed by atoms with E-state index in [2.05, 4.69) is 20.2 Å². The van der Waals surface area contributed by atoms with Crippen molar-refractivity contribution in [1.82, 2.24) is 24.5 Å². The second-order valence-corrected chi connectivity index (χ2v) is 11.9. The minimum Gasteiger partial charge on any atom is -0.485 e. The van der Waals surface area contributed by atoms with Gasteiger partial charge in [-0.15, -0.1) is 0 Å². The molecule has 1 aliphatic rings. The lowest BCUT2D eigenvalue weighted by molar-refractivity contribution is 0.0373. The second kappa shape index (κ2) is 11.8. The van der Waals surface area contributed by atoms with Gasteiger partial charge in [-0.05, 0) is 32.9 Å². The minimum absolute atomic E-state index is 0.0169. The van der Waals surface area contributed by atoms with Gasteiger partial charge < -0.3 is 34.1 Å². The monoisotopic (exact) mass is 589 g/mol. The Balaban J connectivity index is 1.69. The molecule has 0 aliphatic carbocycles. The topological polar surface area (TPSA) is 172 Å². The lowest BCUT2D eigenvalue weighted by Crippen LogP contribution is -2.50. The number of carbonyl (C=O) groups excluding carboxylic acids is 2. The van der Waals surface area contributed by atoms with Crippen LogP contribution in [0.25, 0.3) is 0 Å². The number of para-hydroxylation sites is 1. The molecular weight excluding hydrogens is 554 g/mol. The zero-order valence-electron chi connectivity index (χ0n) is 23.8. The molecule has 0 bridgehead atoms. The third-order valence-electron chi connectivity index (χ3n) is 6.96. The van der Waals surface area contributed by atoms with Gasteiger partial charge in [0.05, 0.1) is 36.8 Å². The van der Waals surface area contributed by atoms with Crippen LogP contribution in [0.2, 0.25) is 0 Å². The summed E-state index contributed by atoms with van der Waals surface area (Å²) in [6.45, 7) is 7.03. The Morgan fingerprint density at radius 1 is 1.32 bits per heavy atom. The number of amides is 3. The molecule has 1 aromatic carbocycles. The van der Waals surface area contributed by atoms with Crippen LogP contribution in [0.4, 0.5) is 16.2 Å². The first kappa shape index (κ1) is 29.9. The molecule has 41 heavy (non-hydrogen) atoms. The number of urea groups is 1.